The number of amides is 1. The van der Waals surface area contributed by atoms with Gasteiger partial charge in [-0.2, -0.15) is 0 Å². The normalized spacial score (nSPS) is 9.09. The first-order valence-corrected chi connectivity index (χ1v) is 6.21. The molecule has 0 radical (unpaired) electrons. The van der Waals surface area contributed by atoms with Gasteiger partial charge in [-0.25, -0.2) is 0 Å². The van der Waals surface area contributed by atoms with Gasteiger partial charge in [0.25, 0.3) is 5.69 Å². The molecule has 0 fully saturated rings. The summed E-state index contributed by atoms with van der Waals surface area (Å²) >= 11 is 0. The number of carbonyl (C=O) groups is 2. The maximum Gasteiger partial charge on any atom is 0.269 e. The van der Waals surface area contributed by atoms with Crippen molar-refractivity contribution in [1.29, 1.82) is 0 Å². The number of nitro groups is 1. The standard InChI is InChI=1S/C13H9NO3.C3H5NO/c15-13(10-4-2-1-3-5-10)11-6-8-12(9-7-11)14(16)17;1-2-3(4)5/h1-9H;2H,1H2,(H2,4,5). The fourth-order valence-corrected chi connectivity index (χ4v) is 1.49. The Kier molecular flexibility index (Phi) is 6.18. The fraction of sp³-hybridized carbons (Fsp3) is 0. The van der Waals surface area contributed by atoms with E-state index in [1.54, 1.807) is 24.3 Å². The van der Waals surface area contributed by atoms with Gasteiger partial charge in [0.05, 0.1) is 4.92 Å². The minimum atomic E-state index is -0.489. The Balaban J connectivity index is 0.000000422. The molecule has 22 heavy (non-hydrogen) atoms. The molecule has 0 saturated carbocycles. The van der Waals surface area contributed by atoms with Crippen LogP contribution >= 0.6 is 0 Å². The lowest BCUT2D eigenvalue weighted by Crippen LogP contribution is -2.04. The Morgan fingerprint density at radius 2 is 1.45 bits per heavy atom. The Morgan fingerprint density at radius 3 is 1.86 bits per heavy atom. The summed E-state index contributed by atoms with van der Waals surface area (Å²) in [4.78, 5) is 31.4. The van der Waals surface area contributed by atoms with E-state index in [-0.39, 0.29) is 11.5 Å². The number of non-ortho nitro benzene ring substituents is 1. The Morgan fingerprint density at radius 1 is 1.00 bits per heavy atom. The average Bonchev–Trinajstić information content (AvgIpc) is 2.55. The van der Waals surface area contributed by atoms with Crippen LogP contribution in [0.1, 0.15) is 15.9 Å². The molecule has 0 aliphatic rings. The second-order valence-electron chi connectivity index (χ2n) is 4.11. The number of rotatable bonds is 4. The van der Waals surface area contributed by atoms with Crippen molar-refractivity contribution < 1.29 is 14.5 Å². The highest BCUT2D eigenvalue weighted by molar-refractivity contribution is 6.09. The van der Waals surface area contributed by atoms with Gasteiger partial charge in [0.2, 0.25) is 5.91 Å². The molecular weight excluding hydrogens is 284 g/mol. The molecule has 0 unspecified atom stereocenters. The first-order chi connectivity index (χ1) is 10.5. The number of ketones is 1. The maximum absolute atomic E-state index is 12.0. The van der Waals surface area contributed by atoms with Gasteiger partial charge < -0.3 is 5.73 Å². The number of nitrogens with two attached hydrogens (primary N) is 1. The van der Waals surface area contributed by atoms with Gasteiger partial charge >= 0.3 is 0 Å². The molecule has 1 amide bonds. The van der Waals surface area contributed by atoms with E-state index in [0.717, 1.165) is 6.08 Å². The molecule has 0 aromatic heterocycles. The highest BCUT2D eigenvalue weighted by Crippen LogP contribution is 2.15. The third kappa shape index (κ3) is 5.01. The second kappa shape index (κ2) is 8.11. The van der Waals surface area contributed by atoms with Gasteiger partial charge in [0.15, 0.2) is 5.78 Å². The summed E-state index contributed by atoms with van der Waals surface area (Å²) in [5.74, 6) is -0.620. The van der Waals surface area contributed by atoms with Crippen molar-refractivity contribution in [3.63, 3.8) is 0 Å². The molecule has 2 aromatic rings. The summed E-state index contributed by atoms with van der Waals surface area (Å²) < 4.78 is 0. The molecule has 6 nitrogen and oxygen atoms in total. The van der Waals surface area contributed by atoms with Crippen LogP contribution in [0, 0.1) is 10.1 Å². The zero-order valence-electron chi connectivity index (χ0n) is 11.6. The van der Waals surface area contributed by atoms with Crippen LogP contribution in [0.5, 0.6) is 0 Å². The molecule has 0 aliphatic carbocycles. The van der Waals surface area contributed by atoms with Gasteiger partial charge in [0, 0.05) is 23.3 Å². The van der Waals surface area contributed by atoms with Crippen LogP contribution in [-0.4, -0.2) is 16.6 Å². The minimum Gasteiger partial charge on any atom is -0.366 e. The first-order valence-electron chi connectivity index (χ1n) is 6.21. The van der Waals surface area contributed by atoms with Gasteiger partial charge in [-0.05, 0) is 18.2 Å². The van der Waals surface area contributed by atoms with Crippen LogP contribution in [0.3, 0.4) is 0 Å². The van der Waals surface area contributed by atoms with Crippen LogP contribution < -0.4 is 5.73 Å². The minimum absolute atomic E-state index is 0.0189. The van der Waals surface area contributed by atoms with Gasteiger partial charge in [-0.15, -0.1) is 0 Å². The van der Waals surface area contributed by atoms with E-state index >= 15 is 0 Å². The van der Waals surface area contributed by atoms with Gasteiger partial charge in [-0.1, -0.05) is 36.9 Å². The number of benzene rings is 2. The summed E-state index contributed by atoms with van der Waals surface area (Å²) in [5.41, 5.74) is 5.53. The van der Waals surface area contributed by atoms with Crippen LogP contribution in [0.25, 0.3) is 0 Å². The number of hydrogen-bond donors (Lipinski definition) is 1. The van der Waals surface area contributed by atoms with Crippen LogP contribution in [-0.2, 0) is 4.79 Å². The Labute approximate surface area is 127 Å². The average molecular weight is 298 g/mol. The van der Waals surface area contributed by atoms with Crippen LogP contribution in [0.2, 0.25) is 0 Å². The van der Waals surface area contributed by atoms with Crippen molar-refractivity contribution in [2.24, 2.45) is 5.73 Å². The van der Waals surface area contributed by atoms with Crippen molar-refractivity contribution in [3.05, 3.63) is 88.5 Å². The molecule has 0 atom stereocenters. The summed E-state index contributed by atoms with van der Waals surface area (Å²) in [5, 5.41) is 10.5. The van der Waals surface area contributed by atoms with Crippen molar-refractivity contribution in [2.45, 2.75) is 0 Å². The summed E-state index contributed by atoms with van der Waals surface area (Å²) in [6, 6.07) is 14.4. The number of primary amides is 1. The number of nitro benzene ring substituents is 1. The smallest absolute Gasteiger partial charge is 0.269 e. The van der Waals surface area contributed by atoms with Crippen LogP contribution in [0.4, 0.5) is 5.69 Å². The summed E-state index contributed by atoms with van der Waals surface area (Å²) in [6.07, 6.45) is 1.06. The Bertz CT molecular complexity index is 679. The molecular formula is C16H14N2O4. The SMILES string of the molecule is C=CC(N)=O.O=C(c1ccccc1)c1ccc([N+](=O)[O-])cc1. The molecule has 6 heteroatoms. The lowest BCUT2D eigenvalue weighted by Gasteiger charge is -2.00. The predicted octanol–water partition coefficient (Wildman–Crippen LogP) is 2.48. The van der Waals surface area contributed by atoms with Gasteiger partial charge in [0.1, 0.15) is 0 Å². The first kappa shape index (κ1) is 16.8. The second-order valence-corrected chi connectivity index (χ2v) is 4.11. The quantitative estimate of drug-likeness (QED) is 0.405. The molecule has 0 heterocycles. The van der Waals surface area contributed by atoms with E-state index in [0.29, 0.717) is 11.1 Å². The molecule has 0 aliphatic heterocycles. The zero-order valence-corrected chi connectivity index (χ0v) is 11.6. The zero-order chi connectivity index (χ0) is 16.5. The summed E-state index contributed by atoms with van der Waals surface area (Å²) in [6.45, 7) is 3.09. The van der Waals surface area contributed by atoms with Crippen LogP contribution in [0.15, 0.2) is 67.3 Å². The lowest BCUT2D eigenvalue weighted by atomic mass is 10.0. The van der Waals surface area contributed by atoms with Gasteiger partial charge in [-0.3, -0.25) is 19.7 Å². The molecule has 112 valence electrons. The predicted molar refractivity (Wildman–Crippen MR) is 82.4 cm³/mol. The van der Waals surface area contributed by atoms with Crippen molar-refractivity contribution in [1.82, 2.24) is 0 Å². The van der Waals surface area contributed by atoms with Crippen molar-refractivity contribution >= 4 is 17.4 Å². The van der Waals surface area contributed by atoms with E-state index in [1.807, 2.05) is 6.07 Å². The van der Waals surface area contributed by atoms with E-state index in [1.165, 1.54) is 24.3 Å². The van der Waals surface area contributed by atoms with Crippen molar-refractivity contribution in [2.75, 3.05) is 0 Å². The molecule has 0 spiro atoms. The van der Waals surface area contributed by atoms with Crippen molar-refractivity contribution in [3.8, 4) is 0 Å². The highest BCUT2D eigenvalue weighted by Gasteiger charge is 2.10. The topological polar surface area (TPSA) is 103 Å². The third-order valence-corrected chi connectivity index (χ3v) is 2.58. The lowest BCUT2D eigenvalue weighted by molar-refractivity contribution is -0.384. The van der Waals surface area contributed by atoms with E-state index in [9.17, 15) is 19.7 Å². The Hall–Kier alpha value is -3.28. The molecule has 2 rings (SSSR count). The molecule has 0 saturated heterocycles. The van der Waals surface area contributed by atoms with E-state index in [4.69, 9.17) is 0 Å². The number of carbonyl (C=O) groups excluding carboxylic acids is 2. The molecule has 2 N–H and O–H groups in total. The number of nitrogens with zero attached hydrogens (tertiary/aromatic N) is 1. The molecule has 0 bridgehead atoms. The monoisotopic (exact) mass is 298 g/mol. The maximum atomic E-state index is 12.0. The third-order valence-electron chi connectivity index (χ3n) is 2.58. The largest absolute Gasteiger partial charge is 0.366 e. The van der Waals surface area contributed by atoms with E-state index < -0.39 is 10.8 Å². The number of hydrogen-bond acceptors (Lipinski definition) is 4. The molecule has 2 aromatic carbocycles. The van der Waals surface area contributed by atoms with E-state index in [2.05, 4.69) is 12.3 Å². The fourth-order valence-electron chi connectivity index (χ4n) is 1.49. The highest BCUT2D eigenvalue weighted by atomic mass is 16.6. The summed E-state index contributed by atoms with van der Waals surface area (Å²) in [7, 11) is 0.